The van der Waals surface area contributed by atoms with Crippen LogP contribution in [0.3, 0.4) is 0 Å². The maximum atomic E-state index is 13.1. The van der Waals surface area contributed by atoms with E-state index in [0.717, 1.165) is 14.1 Å². The van der Waals surface area contributed by atoms with Gasteiger partial charge < -0.3 is 10.2 Å². The van der Waals surface area contributed by atoms with E-state index in [2.05, 4.69) is 11.9 Å². The molecule has 7 heteroatoms. The molecule has 0 fully saturated rings. The molecule has 0 radical (unpaired) electrons. The van der Waals surface area contributed by atoms with Crippen LogP contribution in [0.25, 0.3) is 0 Å². The lowest BCUT2D eigenvalue weighted by molar-refractivity contribution is -0.921. The number of carbonyl (C=O) groups is 1. The van der Waals surface area contributed by atoms with Crippen molar-refractivity contribution in [2.45, 2.75) is 19.5 Å². The molecule has 0 aliphatic heterocycles. The minimum Gasteiger partial charge on any atom is -0.320 e. The van der Waals surface area contributed by atoms with Crippen molar-refractivity contribution < 1.29 is 14.1 Å². The Morgan fingerprint density at radius 1 is 1.42 bits per heavy atom. The van der Waals surface area contributed by atoms with E-state index in [1.807, 2.05) is 19.1 Å². The number of amides is 1. The molecule has 2 atom stereocenters. The lowest BCUT2D eigenvalue weighted by atomic mass is 10.2. The summed E-state index contributed by atoms with van der Waals surface area (Å²) in [6.07, 6.45) is 1.78. The van der Waals surface area contributed by atoms with Gasteiger partial charge in [-0.25, -0.2) is 4.39 Å². The molecule has 1 aromatic carbocycles. The molecular weight excluding hydrogens is 370 g/mol. The summed E-state index contributed by atoms with van der Waals surface area (Å²) < 4.78 is 13.8. The Kier molecular flexibility index (Phi) is 6.80. The van der Waals surface area contributed by atoms with Crippen molar-refractivity contribution in [2.24, 2.45) is 0 Å². The number of nitrogens with one attached hydrogen (secondary N) is 2. The summed E-state index contributed by atoms with van der Waals surface area (Å²) in [6.45, 7) is 6.88. The molecule has 2 aromatic rings. The van der Waals surface area contributed by atoms with Gasteiger partial charge in [-0.2, -0.15) is 0 Å². The molecule has 0 bridgehead atoms. The summed E-state index contributed by atoms with van der Waals surface area (Å²) >= 11 is 13.4. The van der Waals surface area contributed by atoms with E-state index in [1.165, 1.54) is 29.5 Å². The Balaban J connectivity index is 2.08. The van der Waals surface area contributed by atoms with Crippen LogP contribution in [-0.2, 0) is 11.3 Å². The van der Waals surface area contributed by atoms with Crippen LogP contribution in [0.2, 0.25) is 9.36 Å². The van der Waals surface area contributed by atoms with Crippen molar-refractivity contribution in [3.63, 3.8) is 0 Å². The number of carbonyl (C=O) groups excluding carboxylic acids is 1. The Morgan fingerprint density at radius 2 is 2.17 bits per heavy atom. The third-order valence-corrected chi connectivity index (χ3v) is 5.18. The van der Waals surface area contributed by atoms with Crippen molar-refractivity contribution in [1.29, 1.82) is 0 Å². The van der Waals surface area contributed by atoms with Crippen LogP contribution in [0, 0.1) is 5.82 Å². The largest absolute Gasteiger partial charge is 0.320 e. The van der Waals surface area contributed by atoms with E-state index in [4.69, 9.17) is 23.2 Å². The minimum absolute atomic E-state index is 0.172. The van der Waals surface area contributed by atoms with Crippen LogP contribution < -0.4 is 10.2 Å². The van der Waals surface area contributed by atoms with Crippen LogP contribution in [0.4, 0.5) is 10.1 Å². The fraction of sp³-hybridized carbons (Fsp3) is 0.235. The first-order valence-corrected chi connectivity index (χ1v) is 8.93. The standard InChI is InChI=1S/C17H17Cl2FN2OS/c1-3-8-22(10-13-5-7-16(19)24-13)11(2)17(23)21-15-6-4-12(20)9-14(15)18/h3-7,9,11H,1,8,10H2,2H3,(H,21,23)/p+1/t11-/m1/s1. The lowest BCUT2D eigenvalue weighted by Crippen LogP contribution is -3.15. The number of thiophene rings is 1. The topological polar surface area (TPSA) is 33.5 Å². The fourth-order valence-electron chi connectivity index (χ4n) is 2.28. The number of hydrogen-bond acceptors (Lipinski definition) is 2. The van der Waals surface area contributed by atoms with Gasteiger partial charge in [0.15, 0.2) is 6.04 Å². The second-order valence-corrected chi connectivity index (χ2v) is 7.58. The highest BCUT2D eigenvalue weighted by Crippen LogP contribution is 2.22. The second kappa shape index (κ2) is 8.62. The highest BCUT2D eigenvalue weighted by molar-refractivity contribution is 7.16. The van der Waals surface area contributed by atoms with Crippen LogP contribution >= 0.6 is 34.5 Å². The molecule has 0 aliphatic rings. The molecule has 1 unspecified atom stereocenters. The molecule has 2 rings (SSSR count). The van der Waals surface area contributed by atoms with E-state index in [1.54, 1.807) is 6.08 Å². The summed E-state index contributed by atoms with van der Waals surface area (Å²) in [4.78, 5) is 14.6. The van der Waals surface area contributed by atoms with Gasteiger partial charge in [0, 0.05) is 0 Å². The summed E-state index contributed by atoms with van der Waals surface area (Å²) in [5.74, 6) is -0.637. The lowest BCUT2D eigenvalue weighted by Gasteiger charge is -2.24. The Morgan fingerprint density at radius 3 is 2.75 bits per heavy atom. The average Bonchev–Trinajstić information content (AvgIpc) is 2.94. The van der Waals surface area contributed by atoms with E-state index < -0.39 is 5.82 Å². The van der Waals surface area contributed by atoms with E-state index >= 15 is 0 Å². The molecule has 2 N–H and O–H groups in total. The number of anilines is 1. The predicted molar refractivity (Wildman–Crippen MR) is 98.6 cm³/mol. The molecule has 0 saturated carbocycles. The normalized spacial score (nSPS) is 13.3. The molecule has 128 valence electrons. The maximum absolute atomic E-state index is 13.1. The molecule has 3 nitrogen and oxygen atoms in total. The highest BCUT2D eigenvalue weighted by Gasteiger charge is 2.25. The van der Waals surface area contributed by atoms with Crippen LogP contribution in [-0.4, -0.2) is 18.5 Å². The summed E-state index contributed by atoms with van der Waals surface area (Å²) in [5, 5.41) is 2.92. The number of hydrogen-bond donors (Lipinski definition) is 2. The minimum atomic E-state index is -0.445. The molecule has 0 saturated heterocycles. The first kappa shape index (κ1) is 18.9. The van der Waals surface area contributed by atoms with Gasteiger partial charge in [0.05, 0.1) is 26.5 Å². The smallest absolute Gasteiger partial charge is 0.282 e. The van der Waals surface area contributed by atoms with E-state index in [-0.39, 0.29) is 17.0 Å². The van der Waals surface area contributed by atoms with Gasteiger partial charge in [0.2, 0.25) is 0 Å². The van der Waals surface area contributed by atoms with Crippen molar-refractivity contribution in [1.82, 2.24) is 0 Å². The first-order valence-electron chi connectivity index (χ1n) is 7.36. The molecule has 1 amide bonds. The maximum Gasteiger partial charge on any atom is 0.282 e. The molecule has 24 heavy (non-hydrogen) atoms. The van der Waals surface area contributed by atoms with Gasteiger partial charge >= 0.3 is 0 Å². The molecule has 1 aromatic heterocycles. The van der Waals surface area contributed by atoms with Crippen molar-refractivity contribution in [2.75, 3.05) is 11.9 Å². The van der Waals surface area contributed by atoms with Crippen molar-refractivity contribution in [3.8, 4) is 0 Å². The SMILES string of the molecule is C=CC[NH+](Cc1ccc(Cl)s1)[C@H](C)C(=O)Nc1ccc(F)cc1Cl. The quantitative estimate of drug-likeness (QED) is 0.696. The van der Waals surface area contributed by atoms with Crippen LogP contribution in [0.1, 0.15) is 11.8 Å². The van der Waals surface area contributed by atoms with Gasteiger partial charge in [0.25, 0.3) is 5.91 Å². The zero-order chi connectivity index (χ0) is 17.7. The second-order valence-electron chi connectivity index (χ2n) is 5.37. The zero-order valence-electron chi connectivity index (χ0n) is 13.1. The Labute approximate surface area is 154 Å². The van der Waals surface area contributed by atoms with E-state index in [0.29, 0.717) is 18.8 Å². The fourth-order valence-corrected chi connectivity index (χ4v) is 3.63. The van der Waals surface area contributed by atoms with Crippen LogP contribution in [0.5, 0.6) is 0 Å². The Hall–Kier alpha value is -1.40. The third-order valence-electron chi connectivity index (χ3n) is 3.63. The Bertz CT molecular complexity index is 735. The number of halogens is 3. The molecule has 1 heterocycles. The predicted octanol–water partition coefficient (Wildman–Crippen LogP) is 3.79. The van der Waals surface area contributed by atoms with Gasteiger partial charge in [-0.15, -0.1) is 11.3 Å². The van der Waals surface area contributed by atoms with Gasteiger partial charge in [0.1, 0.15) is 12.4 Å². The van der Waals surface area contributed by atoms with Gasteiger partial charge in [-0.3, -0.25) is 4.79 Å². The van der Waals surface area contributed by atoms with Crippen molar-refractivity contribution >= 4 is 46.1 Å². The number of rotatable bonds is 7. The first-order chi connectivity index (χ1) is 11.4. The number of quaternary nitrogens is 1. The van der Waals surface area contributed by atoms with Crippen LogP contribution in [0.15, 0.2) is 43.0 Å². The van der Waals surface area contributed by atoms with Crippen molar-refractivity contribution in [3.05, 3.63) is 63.0 Å². The summed E-state index contributed by atoms with van der Waals surface area (Å²) in [6, 6.07) is 7.34. The zero-order valence-corrected chi connectivity index (χ0v) is 15.4. The number of benzene rings is 1. The molecule has 0 aliphatic carbocycles. The van der Waals surface area contributed by atoms with Gasteiger partial charge in [-0.05, 0) is 43.3 Å². The molecular formula is C17H18Cl2FN2OS+. The summed E-state index contributed by atoms with van der Waals surface area (Å²) in [7, 11) is 0. The van der Waals surface area contributed by atoms with E-state index in [9.17, 15) is 9.18 Å². The third kappa shape index (κ3) is 5.05. The highest BCUT2D eigenvalue weighted by atomic mass is 35.5. The van der Waals surface area contributed by atoms with Gasteiger partial charge in [-0.1, -0.05) is 29.8 Å². The monoisotopic (exact) mass is 387 g/mol. The molecule has 0 spiro atoms. The summed E-state index contributed by atoms with van der Waals surface area (Å²) in [5.41, 5.74) is 0.395. The average molecular weight is 388 g/mol.